The average Bonchev–Trinajstić information content (AvgIpc) is 3.03. The molecule has 0 radical (unpaired) electrons. The molecule has 2 atom stereocenters. The molecule has 0 aliphatic carbocycles. The van der Waals surface area contributed by atoms with Gasteiger partial charge in [0.2, 0.25) is 11.8 Å². The van der Waals surface area contributed by atoms with Crippen LogP contribution in [-0.2, 0) is 20.9 Å². The number of nitrogens with one attached hydrogen (secondary N) is 1. The van der Waals surface area contributed by atoms with E-state index in [0.29, 0.717) is 12.1 Å². The summed E-state index contributed by atoms with van der Waals surface area (Å²) >= 11 is 0. The Morgan fingerprint density at radius 3 is 2.64 bits per heavy atom. The number of pyridine rings is 1. The Hall–Kier alpha value is -3.29. The second-order valence-corrected chi connectivity index (χ2v) is 6.71. The zero-order valence-corrected chi connectivity index (χ0v) is 15.0. The normalized spacial score (nSPS) is 17.4. The van der Waals surface area contributed by atoms with E-state index >= 15 is 0 Å². The number of carbonyl (C=O) groups excluding carboxylic acids is 2. The first-order chi connectivity index (χ1) is 13.4. The Morgan fingerprint density at radius 2 is 2.00 bits per heavy atom. The maximum Gasteiger partial charge on any atom is 0.305 e. The number of hydrogen-bond donors (Lipinski definition) is 2. The van der Waals surface area contributed by atoms with Crippen LogP contribution in [0.25, 0.3) is 0 Å². The van der Waals surface area contributed by atoms with Gasteiger partial charge in [-0.25, -0.2) is 4.39 Å². The van der Waals surface area contributed by atoms with Crippen LogP contribution < -0.4 is 5.32 Å². The number of amides is 2. The molecule has 1 fully saturated rings. The van der Waals surface area contributed by atoms with Gasteiger partial charge in [-0.2, -0.15) is 0 Å². The van der Waals surface area contributed by atoms with Crippen LogP contribution in [0.4, 0.5) is 4.39 Å². The summed E-state index contributed by atoms with van der Waals surface area (Å²) in [4.78, 5) is 41.8. The molecule has 2 N–H and O–H groups in total. The first kappa shape index (κ1) is 19.5. The van der Waals surface area contributed by atoms with Crippen molar-refractivity contribution in [1.82, 2.24) is 15.2 Å². The van der Waals surface area contributed by atoms with Gasteiger partial charge in [-0.15, -0.1) is 0 Å². The van der Waals surface area contributed by atoms with E-state index in [0.717, 1.165) is 5.69 Å². The highest BCUT2D eigenvalue weighted by Crippen LogP contribution is 2.23. The topological polar surface area (TPSA) is 99.6 Å². The summed E-state index contributed by atoms with van der Waals surface area (Å²) in [6.45, 7) is 0.560. The van der Waals surface area contributed by atoms with Gasteiger partial charge in [-0.1, -0.05) is 18.2 Å². The minimum absolute atomic E-state index is 0.0574. The number of carbonyl (C=O) groups is 3. The van der Waals surface area contributed by atoms with E-state index in [1.54, 1.807) is 23.2 Å². The number of nitrogens with zero attached hydrogens (tertiary/aromatic N) is 2. The van der Waals surface area contributed by atoms with E-state index in [1.165, 1.54) is 24.3 Å². The van der Waals surface area contributed by atoms with Gasteiger partial charge in [0.25, 0.3) is 0 Å². The molecule has 0 bridgehead atoms. The number of benzene rings is 1. The molecule has 1 aliphatic heterocycles. The van der Waals surface area contributed by atoms with Gasteiger partial charge in [0.05, 0.1) is 30.6 Å². The molecule has 3 rings (SSSR count). The summed E-state index contributed by atoms with van der Waals surface area (Å²) in [7, 11) is 0. The van der Waals surface area contributed by atoms with E-state index in [9.17, 15) is 18.8 Å². The number of rotatable bonds is 7. The summed E-state index contributed by atoms with van der Waals surface area (Å²) in [6.07, 6.45) is 1.36. The fourth-order valence-electron chi connectivity index (χ4n) is 3.20. The lowest BCUT2D eigenvalue weighted by Crippen LogP contribution is -2.36. The molecule has 8 heteroatoms. The largest absolute Gasteiger partial charge is 0.481 e. The molecule has 0 unspecified atom stereocenters. The quantitative estimate of drug-likeness (QED) is 0.758. The zero-order chi connectivity index (χ0) is 20.1. The van der Waals surface area contributed by atoms with Crippen molar-refractivity contribution in [3.8, 4) is 0 Å². The summed E-state index contributed by atoms with van der Waals surface area (Å²) in [5.41, 5.74) is 1.22. The molecular weight excluding hydrogens is 365 g/mol. The van der Waals surface area contributed by atoms with Crippen LogP contribution in [0.1, 0.15) is 30.1 Å². The number of carboxylic acid groups (broad SMARTS) is 1. The maximum absolute atomic E-state index is 13.1. The zero-order valence-electron chi connectivity index (χ0n) is 15.0. The van der Waals surface area contributed by atoms with Crippen molar-refractivity contribution in [3.05, 3.63) is 65.7 Å². The predicted octanol–water partition coefficient (Wildman–Crippen LogP) is 1.90. The Bertz CT molecular complexity index is 858. The number of likely N-dealkylation sites (tertiary alicyclic amines) is 1. The Kier molecular flexibility index (Phi) is 5.98. The molecule has 28 heavy (non-hydrogen) atoms. The van der Waals surface area contributed by atoms with Gasteiger partial charge in [0.15, 0.2) is 0 Å². The number of halogens is 1. The van der Waals surface area contributed by atoms with Gasteiger partial charge in [0.1, 0.15) is 5.82 Å². The molecular formula is C20H20FN3O4. The summed E-state index contributed by atoms with van der Waals surface area (Å²) in [5, 5.41) is 11.8. The number of aliphatic carboxylic acids is 1. The summed E-state index contributed by atoms with van der Waals surface area (Å²) in [6, 6.07) is 9.92. The maximum atomic E-state index is 13.1. The van der Waals surface area contributed by atoms with Crippen LogP contribution in [0.5, 0.6) is 0 Å². The standard InChI is InChI=1S/C20H20FN3O4/c21-15-6-4-13(5-7-15)17(10-19(26)27)23-20(28)14-9-18(25)24(11-14)12-16-3-1-2-8-22-16/h1-8,14,17H,9-12H2,(H,23,28)(H,26,27)/t14-,17-/m0/s1. The third-order valence-corrected chi connectivity index (χ3v) is 4.63. The van der Waals surface area contributed by atoms with Gasteiger partial charge < -0.3 is 15.3 Å². The van der Waals surface area contributed by atoms with Crippen LogP contribution in [0.2, 0.25) is 0 Å². The summed E-state index contributed by atoms with van der Waals surface area (Å²) < 4.78 is 13.1. The SMILES string of the molecule is O=C(O)C[C@H](NC(=O)[C@H]1CC(=O)N(Cc2ccccn2)C1)c1ccc(F)cc1. The van der Waals surface area contributed by atoms with Crippen LogP contribution in [-0.4, -0.2) is 39.3 Å². The number of hydrogen-bond acceptors (Lipinski definition) is 4. The molecule has 1 aromatic carbocycles. The smallest absolute Gasteiger partial charge is 0.305 e. The highest BCUT2D eigenvalue weighted by atomic mass is 19.1. The summed E-state index contributed by atoms with van der Waals surface area (Å²) in [5.74, 6) is -2.66. The Labute approximate surface area is 161 Å². The molecule has 2 amide bonds. The van der Waals surface area contributed by atoms with Crippen LogP contribution in [0.15, 0.2) is 48.7 Å². The van der Waals surface area contributed by atoms with Gasteiger partial charge >= 0.3 is 5.97 Å². The lowest BCUT2D eigenvalue weighted by atomic mass is 10.0. The first-order valence-electron chi connectivity index (χ1n) is 8.87. The average molecular weight is 385 g/mol. The molecule has 1 aliphatic rings. The first-order valence-corrected chi connectivity index (χ1v) is 8.87. The molecule has 1 aromatic heterocycles. The van der Waals surface area contributed by atoms with Crippen LogP contribution >= 0.6 is 0 Å². The Balaban J connectivity index is 1.65. The van der Waals surface area contributed by atoms with Crippen molar-refractivity contribution in [2.24, 2.45) is 5.92 Å². The molecule has 7 nitrogen and oxygen atoms in total. The second kappa shape index (κ2) is 8.60. The van der Waals surface area contributed by atoms with Gasteiger partial charge in [0, 0.05) is 19.2 Å². The van der Waals surface area contributed by atoms with Crippen molar-refractivity contribution in [2.75, 3.05) is 6.54 Å². The van der Waals surface area contributed by atoms with Gasteiger partial charge in [-0.05, 0) is 29.8 Å². The van der Waals surface area contributed by atoms with Crippen molar-refractivity contribution in [1.29, 1.82) is 0 Å². The van der Waals surface area contributed by atoms with E-state index in [1.807, 2.05) is 6.07 Å². The lowest BCUT2D eigenvalue weighted by molar-refractivity contribution is -0.138. The fraction of sp³-hybridized carbons (Fsp3) is 0.300. The number of aromatic nitrogens is 1. The van der Waals surface area contributed by atoms with E-state index < -0.39 is 29.7 Å². The lowest BCUT2D eigenvalue weighted by Gasteiger charge is -2.20. The second-order valence-electron chi connectivity index (χ2n) is 6.71. The van der Waals surface area contributed by atoms with Crippen LogP contribution in [0.3, 0.4) is 0 Å². The van der Waals surface area contributed by atoms with Crippen molar-refractivity contribution in [3.63, 3.8) is 0 Å². The van der Waals surface area contributed by atoms with Crippen LogP contribution in [0, 0.1) is 11.7 Å². The Morgan fingerprint density at radius 1 is 1.25 bits per heavy atom. The van der Waals surface area contributed by atoms with Gasteiger partial charge in [-0.3, -0.25) is 19.4 Å². The molecule has 146 valence electrons. The fourth-order valence-corrected chi connectivity index (χ4v) is 3.20. The molecule has 0 saturated carbocycles. The minimum atomic E-state index is -1.09. The van der Waals surface area contributed by atoms with E-state index in [4.69, 9.17) is 5.11 Å². The molecule has 2 heterocycles. The predicted molar refractivity (Wildman–Crippen MR) is 97.3 cm³/mol. The third kappa shape index (κ3) is 4.91. The third-order valence-electron chi connectivity index (χ3n) is 4.63. The molecule has 0 spiro atoms. The molecule has 1 saturated heterocycles. The van der Waals surface area contributed by atoms with E-state index in [2.05, 4.69) is 10.3 Å². The monoisotopic (exact) mass is 385 g/mol. The van der Waals surface area contributed by atoms with E-state index in [-0.39, 0.29) is 25.3 Å². The van der Waals surface area contributed by atoms with Crippen molar-refractivity contribution < 1.29 is 23.9 Å². The van der Waals surface area contributed by atoms with Crippen molar-refractivity contribution >= 4 is 17.8 Å². The minimum Gasteiger partial charge on any atom is -0.481 e. The number of carboxylic acids is 1. The highest BCUT2D eigenvalue weighted by Gasteiger charge is 2.35. The molecule has 2 aromatic rings. The van der Waals surface area contributed by atoms with Crippen molar-refractivity contribution in [2.45, 2.75) is 25.4 Å². The highest BCUT2D eigenvalue weighted by molar-refractivity contribution is 5.89.